The topological polar surface area (TPSA) is 45.6 Å². The van der Waals surface area contributed by atoms with Gasteiger partial charge in [-0.1, -0.05) is 6.92 Å². The van der Waals surface area contributed by atoms with Gasteiger partial charge in [-0.05, 0) is 26.5 Å². The largest absolute Gasteiger partial charge is 0.465 e. The molecule has 1 fully saturated rings. The molecule has 1 unspecified atom stereocenters. The van der Waals surface area contributed by atoms with E-state index in [-0.39, 0.29) is 0 Å². The summed E-state index contributed by atoms with van der Waals surface area (Å²) in [5, 5.41) is 0. The molecule has 0 saturated carbocycles. The molecule has 0 radical (unpaired) electrons. The van der Waals surface area contributed by atoms with Crippen molar-refractivity contribution < 1.29 is 4.42 Å². The Labute approximate surface area is 110 Å². The van der Waals surface area contributed by atoms with Crippen molar-refractivity contribution >= 4 is 0 Å². The Morgan fingerprint density at radius 1 is 1.44 bits per heavy atom. The smallest absolute Gasteiger partial charge is 0.118 e. The van der Waals surface area contributed by atoms with Crippen LogP contribution in [0.1, 0.15) is 30.4 Å². The van der Waals surface area contributed by atoms with Crippen molar-refractivity contribution in [3.63, 3.8) is 0 Å². The first-order chi connectivity index (χ1) is 8.63. The van der Waals surface area contributed by atoms with Gasteiger partial charge in [0.15, 0.2) is 0 Å². The Balaban J connectivity index is 1.96. The molecule has 2 heterocycles. The predicted molar refractivity (Wildman–Crippen MR) is 73.3 cm³/mol. The van der Waals surface area contributed by atoms with Crippen molar-refractivity contribution in [2.24, 2.45) is 5.73 Å². The molecule has 1 aliphatic heterocycles. The van der Waals surface area contributed by atoms with Gasteiger partial charge in [-0.2, -0.15) is 0 Å². The van der Waals surface area contributed by atoms with Gasteiger partial charge in [-0.3, -0.25) is 4.90 Å². The van der Waals surface area contributed by atoms with Crippen LogP contribution in [0.2, 0.25) is 0 Å². The summed E-state index contributed by atoms with van der Waals surface area (Å²) in [5.74, 6) is 2.01. The minimum Gasteiger partial charge on any atom is -0.465 e. The lowest BCUT2D eigenvalue weighted by molar-refractivity contribution is 0.0834. The lowest BCUT2D eigenvalue weighted by Crippen LogP contribution is -2.50. The first-order valence-electron chi connectivity index (χ1n) is 6.84. The molecular weight excluding hydrogens is 226 g/mol. The van der Waals surface area contributed by atoms with Gasteiger partial charge in [0.1, 0.15) is 11.5 Å². The minimum absolute atomic E-state index is 0.565. The van der Waals surface area contributed by atoms with Crippen molar-refractivity contribution in [1.82, 2.24) is 9.80 Å². The summed E-state index contributed by atoms with van der Waals surface area (Å²) in [7, 11) is 2.22. The summed E-state index contributed by atoms with van der Waals surface area (Å²) < 4.78 is 5.77. The van der Waals surface area contributed by atoms with Gasteiger partial charge in [0.2, 0.25) is 0 Å². The molecule has 4 nitrogen and oxygen atoms in total. The molecule has 0 bridgehead atoms. The minimum atomic E-state index is 0.565. The van der Waals surface area contributed by atoms with E-state index in [1.165, 1.54) is 6.42 Å². The second kappa shape index (κ2) is 5.87. The first kappa shape index (κ1) is 13.6. The van der Waals surface area contributed by atoms with Crippen molar-refractivity contribution in [1.29, 1.82) is 0 Å². The SMILES string of the molecule is CCC1CN(Cc2cc(CN)c(C)o2)CCN1C. The van der Waals surface area contributed by atoms with Gasteiger partial charge < -0.3 is 15.1 Å². The fraction of sp³-hybridized carbons (Fsp3) is 0.714. The molecule has 1 aliphatic rings. The number of furan rings is 1. The molecule has 2 rings (SSSR count). The number of nitrogens with zero attached hydrogens (tertiary/aromatic N) is 2. The van der Waals surface area contributed by atoms with E-state index < -0.39 is 0 Å². The summed E-state index contributed by atoms with van der Waals surface area (Å²) in [6.45, 7) is 9.11. The molecule has 1 aromatic rings. The average Bonchev–Trinajstić information content (AvgIpc) is 2.72. The normalized spacial score (nSPS) is 22.6. The number of hydrogen-bond donors (Lipinski definition) is 1. The highest BCUT2D eigenvalue weighted by atomic mass is 16.3. The third kappa shape index (κ3) is 2.94. The van der Waals surface area contributed by atoms with Crippen LogP contribution in [0.5, 0.6) is 0 Å². The number of hydrogen-bond acceptors (Lipinski definition) is 4. The third-order valence-electron chi connectivity index (χ3n) is 4.00. The van der Waals surface area contributed by atoms with Gasteiger partial charge >= 0.3 is 0 Å². The van der Waals surface area contributed by atoms with Crippen molar-refractivity contribution in [3.05, 3.63) is 23.2 Å². The Hall–Kier alpha value is -0.840. The van der Waals surface area contributed by atoms with E-state index in [0.29, 0.717) is 12.6 Å². The van der Waals surface area contributed by atoms with Crippen molar-refractivity contribution in [2.75, 3.05) is 26.7 Å². The number of rotatable bonds is 4. The summed E-state index contributed by atoms with van der Waals surface area (Å²) in [6.07, 6.45) is 1.21. The summed E-state index contributed by atoms with van der Waals surface area (Å²) in [5.41, 5.74) is 6.81. The molecule has 1 atom stereocenters. The highest BCUT2D eigenvalue weighted by Gasteiger charge is 2.23. The summed E-state index contributed by atoms with van der Waals surface area (Å²) >= 11 is 0. The second-order valence-electron chi connectivity index (χ2n) is 5.28. The average molecular weight is 251 g/mol. The van der Waals surface area contributed by atoms with Crippen LogP contribution >= 0.6 is 0 Å². The van der Waals surface area contributed by atoms with E-state index >= 15 is 0 Å². The molecule has 2 N–H and O–H groups in total. The monoisotopic (exact) mass is 251 g/mol. The maximum Gasteiger partial charge on any atom is 0.118 e. The van der Waals surface area contributed by atoms with Crippen LogP contribution in [0.15, 0.2) is 10.5 Å². The Morgan fingerprint density at radius 3 is 2.83 bits per heavy atom. The molecule has 0 aliphatic carbocycles. The maximum atomic E-state index is 5.77. The fourth-order valence-corrected chi connectivity index (χ4v) is 2.68. The molecule has 18 heavy (non-hydrogen) atoms. The molecule has 102 valence electrons. The van der Waals surface area contributed by atoms with Gasteiger partial charge in [-0.15, -0.1) is 0 Å². The van der Waals surface area contributed by atoms with E-state index in [1.807, 2.05) is 6.92 Å². The van der Waals surface area contributed by atoms with Crippen LogP contribution in [0.3, 0.4) is 0 Å². The van der Waals surface area contributed by atoms with Crippen molar-refractivity contribution in [2.45, 2.75) is 39.4 Å². The summed E-state index contributed by atoms with van der Waals surface area (Å²) in [4.78, 5) is 4.93. The van der Waals surface area contributed by atoms with E-state index in [2.05, 4.69) is 29.8 Å². The van der Waals surface area contributed by atoms with Gasteiger partial charge in [0.05, 0.1) is 6.54 Å². The zero-order valence-electron chi connectivity index (χ0n) is 11.8. The molecule has 0 amide bonds. The quantitative estimate of drug-likeness (QED) is 0.882. The van der Waals surface area contributed by atoms with Crippen LogP contribution in [-0.4, -0.2) is 42.5 Å². The van der Waals surface area contributed by atoms with Crippen LogP contribution in [0.25, 0.3) is 0 Å². The standard InChI is InChI=1S/C14H25N3O/c1-4-13-9-17(6-5-16(13)3)10-14-7-12(8-15)11(2)18-14/h7,13H,4-6,8-10,15H2,1-3H3. The number of aryl methyl sites for hydroxylation is 1. The third-order valence-corrected chi connectivity index (χ3v) is 4.00. The number of nitrogens with two attached hydrogens (primary N) is 1. The second-order valence-corrected chi connectivity index (χ2v) is 5.28. The molecule has 1 aromatic heterocycles. The van der Waals surface area contributed by atoms with Crippen LogP contribution in [0, 0.1) is 6.92 Å². The molecule has 1 saturated heterocycles. The van der Waals surface area contributed by atoms with E-state index in [9.17, 15) is 0 Å². The zero-order valence-corrected chi connectivity index (χ0v) is 11.8. The van der Waals surface area contributed by atoms with E-state index in [0.717, 1.165) is 43.3 Å². The maximum absolute atomic E-state index is 5.77. The van der Waals surface area contributed by atoms with E-state index in [4.69, 9.17) is 10.2 Å². The lowest BCUT2D eigenvalue weighted by Gasteiger charge is -2.38. The zero-order chi connectivity index (χ0) is 13.1. The molecule has 0 aromatic carbocycles. The first-order valence-corrected chi connectivity index (χ1v) is 6.84. The Bertz CT molecular complexity index is 388. The molecule has 0 spiro atoms. The van der Waals surface area contributed by atoms with Crippen LogP contribution in [-0.2, 0) is 13.1 Å². The van der Waals surface area contributed by atoms with Crippen LogP contribution < -0.4 is 5.73 Å². The fourth-order valence-electron chi connectivity index (χ4n) is 2.68. The predicted octanol–water partition coefficient (Wildman–Crippen LogP) is 1.57. The highest BCUT2D eigenvalue weighted by molar-refractivity contribution is 5.20. The van der Waals surface area contributed by atoms with Gasteiger partial charge in [0.25, 0.3) is 0 Å². The lowest BCUT2D eigenvalue weighted by atomic mass is 10.1. The molecular formula is C14H25N3O. The Morgan fingerprint density at radius 2 is 2.22 bits per heavy atom. The van der Waals surface area contributed by atoms with Gasteiger partial charge in [-0.25, -0.2) is 0 Å². The van der Waals surface area contributed by atoms with Crippen molar-refractivity contribution in [3.8, 4) is 0 Å². The van der Waals surface area contributed by atoms with Crippen LogP contribution in [0.4, 0.5) is 0 Å². The summed E-state index contributed by atoms with van der Waals surface area (Å²) in [6, 6.07) is 2.78. The number of piperazine rings is 1. The number of likely N-dealkylation sites (N-methyl/N-ethyl adjacent to an activating group) is 1. The Kier molecular flexibility index (Phi) is 4.43. The highest BCUT2D eigenvalue weighted by Crippen LogP contribution is 2.18. The van der Waals surface area contributed by atoms with E-state index in [1.54, 1.807) is 0 Å². The van der Waals surface area contributed by atoms with Gasteiger partial charge in [0, 0.05) is 37.8 Å². The molecule has 4 heteroatoms.